The molecular formula is C19H23NO2. The number of hydrogen-bond acceptors (Lipinski definition) is 2. The van der Waals surface area contributed by atoms with Crippen molar-refractivity contribution in [2.24, 2.45) is 0 Å². The summed E-state index contributed by atoms with van der Waals surface area (Å²) in [7, 11) is 0. The van der Waals surface area contributed by atoms with Crippen LogP contribution in [0.25, 0.3) is 0 Å². The summed E-state index contributed by atoms with van der Waals surface area (Å²) in [5, 5.41) is 13.0. The second-order valence-corrected chi connectivity index (χ2v) is 5.64. The van der Waals surface area contributed by atoms with E-state index >= 15 is 0 Å². The average Bonchev–Trinajstić information content (AvgIpc) is 2.54. The number of aliphatic hydroxyl groups is 1. The molecule has 0 saturated heterocycles. The molecule has 3 heteroatoms. The van der Waals surface area contributed by atoms with Crippen molar-refractivity contribution in [3.63, 3.8) is 0 Å². The predicted octanol–water partition coefficient (Wildman–Crippen LogP) is 3.34. The number of aliphatic hydroxyl groups excluding tert-OH is 1. The highest BCUT2D eigenvalue weighted by Gasteiger charge is 2.15. The molecule has 3 nitrogen and oxygen atoms in total. The van der Waals surface area contributed by atoms with Gasteiger partial charge < -0.3 is 10.4 Å². The number of nitrogens with one attached hydrogen (secondary N) is 1. The van der Waals surface area contributed by atoms with Crippen LogP contribution >= 0.6 is 0 Å². The molecule has 0 saturated carbocycles. The van der Waals surface area contributed by atoms with E-state index in [2.05, 4.69) is 5.32 Å². The first-order chi connectivity index (χ1) is 10.6. The lowest BCUT2D eigenvalue weighted by molar-refractivity contribution is -0.122. The highest BCUT2D eigenvalue weighted by molar-refractivity contribution is 5.83. The van der Waals surface area contributed by atoms with Gasteiger partial charge >= 0.3 is 0 Å². The van der Waals surface area contributed by atoms with Crippen molar-refractivity contribution < 1.29 is 9.90 Å². The van der Waals surface area contributed by atoms with Gasteiger partial charge in [0, 0.05) is 6.54 Å². The smallest absolute Gasteiger partial charge is 0.227 e. The summed E-state index contributed by atoms with van der Waals surface area (Å²) in [4.78, 5) is 12.2. The largest absolute Gasteiger partial charge is 0.388 e. The van der Waals surface area contributed by atoms with Gasteiger partial charge in [0.05, 0.1) is 12.0 Å². The van der Waals surface area contributed by atoms with Crippen molar-refractivity contribution in [1.29, 1.82) is 0 Å². The van der Waals surface area contributed by atoms with Gasteiger partial charge in [0.15, 0.2) is 0 Å². The number of hydrogen-bond donors (Lipinski definition) is 2. The van der Waals surface area contributed by atoms with Crippen LogP contribution < -0.4 is 5.32 Å². The second kappa shape index (κ2) is 7.76. The summed E-state index contributed by atoms with van der Waals surface area (Å²) in [6, 6.07) is 17.5. The van der Waals surface area contributed by atoms with E-state index in [0.29, 0.717) is 13.0 Å². The molecule has 2 rings (SSSR count). The highest BCUT2D eigenvalue weighted by Crippen LogP contribution is 2.18. The van der Waals surface area contributed by atoms with Gasteiger partial charge in [0.25, 0.3) is 0 Å². The Balaban J connectivity index is 1.83. The average molecular weight is 297 g/mol. The molecule has 0 aliphatic heterocycles. The van der Waals surface area contributed by atoms with Crippen LogP contribution in [0.3, 0.4) is 0 Å². The van der Waals surface area contributed by atoms with Crippen molar-refractivity contribution in [2.45, 2.75) is 32.3 Å². The van der Waals surface area contributed by atoms with Gasteiger partial charge in [-0.2, -0.15) is 0 Å². The molecule has 2 aromatic rings. The Kier molecular flexibility index (Phi) is 5.73. The number of benzene rings is 2. The maximum absolute atomic E-state index is 12.2. The minimum Gasteiger partial charge on any atom is -0.388 e. The van der Waals surface area contributed by atoms with E-state index in [-0.39, 0.29) is 11.8 Å². The monoisotopic (exact) mass is 297 g/mol. The fraction of sp³-hybridized carbons (Fsp3) is 0.316. The summed E-state index contributed by atoms with van der Waals surface area (Å²) in [6.07, 6.45) is -0.0354. The molecule has 2 unspecified atom stereocenters. The van der Waals surface area contributed by atoms with E-state index in [1.54, 1.807) is 0 Å². The lowest BCUT2D eigenvalue weighted by atomic mass is 9.98. The fourth-order valence-electron chi connectivity index (χ4n) is 2.42. The fourth-order valence-corrected chi connectivity index (χ4v) is 2.42. The van der Waals surface area contributed by atoms with Gasteiger partial charge in [0.2, 0.25) is 5.91 Å². The minimum atomic E-state index is -0.546. The molecule has 1 amide bonds. The van der Waals surface area contributed by atoms with E-state index in [1.807, 2.05) is 68.4 Å². The molecule has 22 heavy (non-hydrogen) atoms. The zero-order valence-corrected chi connectivity index (χ0v) is 13.1. The Hall–Kier alpha value is -2.13. The van der Waals surface area contributed by atoms with Crippen molar-refractivity contribution in [3.8, 4) is 0 Å². The quantitative estimate of drug-likeness (QED) is 0.859. The van der Waals surface area contributed by atoms with Crippen LogP contribution in [-0.2, 0) is 4.79 Å². The van der Waals surface area contributed by atoms with Crippen LogP contribution in [-0.4, -0.2) is 17.6 Å². The molecule has 2 atom stereocenters. The van der Waals surface area contributed by atoms with Crippen molar-refractivity contribution >= 4 is 5.91 Å². The highest BCUT2D eigenvalue weighted by atomic mass is 16.3. The van der Waals surface area contributed by atoms with E-state index < -0.39 is 6.10 Å². The third-order valence-electron chi connectivity index (χ3n) is 3.84. The molecule has 0 bridgehead atoms. The van der Waals surface area contributed by atoms with Crippen LogP contribution in [0, 0.1) is 6.92 Å². The molecule has 0 radical (unpaired) electrons. The molecule has 116 valence electrons. The zero-order chi connectivity index (χ0) is 15.9. The molecule has 0 fully saturated rings. The van der Waals surface area contributed by atoms with Gasteiger partial charge in [-0.05, 0) is 31.4 Å². The first kappa shape index (κ1) is 16.2. The summed E-state index contributed by atoms with van der Waals surface area (Å²) in [6.45, 7) is 4.38. The van der Waals surface area contributed by atoms with Crippen LogP contribution in [0.4, 0.5) is 0 Å². The van der Waals surface area contributed by atoms with Gasteiger partial charge in [-0.1, -0.05) is 60.2 Å². The summed E-state index contributed by atoms with van der Waals surface area (Å²) >= 11 is 0. The standard InChI is InChI=1S/C19H23NO2/c1-14-7-6-10-17(13-14)15(2)19(22)20-12-11-18(21)16-8-4-3-5-9-16/h3-10,13,15,18,21H,11-12H2,1-2H3,(H,20,22). The van der Waals surface area contributed by atoms with Gasteiger partial charge in [-0.15, -0.1) is 0 Å². The molecule has 2 N–H and O–H groups in total. The number of carbonyl (C=O) groups is 1. The molecule has 0 heterocycles. The third kappa shape index (κ3) is 4.43. The summed E-state index contributed by atoms with van der Waals surface area (Å²) < 4.78 is 0. The SMILES string of the molecule is Cc1cccc(C(C)C(=O)NCCC(O)c2ccccc2)c1. The lowest BCUT2D eigenvalue weighted by Gasteiger charge is -2.15. The Bertz CT molecular complexity index is 610. The van der Waals surface area contributed by atoms with Gasteiger partial charge in [-0.25, -0.2) is 0 Å². The van der Waals surface area contributed by atoms with Crippen molar-refractivity contribution in [1.82, 2.24) is 5.32 Å². The van der Waals surface area contributed by atoms with Crippen molar-refractivity contribution in [3.05, 3.63) is 71.3 Å². The maximum Gasteiger partial charge on any atom is 0.227 e. The Labute approximate surface area is 132 Å². The van der Waals surface area contributed by atoms with Gasteiger partial charge in [-0.3, -0.25) is 4.79 Å². The van der Waals surface area contributed by atoms with Crippen LogP contribution in [0.15, 0.2) is 54.6 Å². The van der Waals surface area contributed by atoms with Crippen LogP contribution in [0.1, 0.15) is 42.1 Å². The van der Waals surface area contributed by atoms with Crippen LogP contribution in [0.2, 0.25) is 0 Å². The Morgan fingerprint density at radius 3 is 2.45 bits per heavy atom. The lowest BCUT2D eigenvalue weighted by Crippen LogP contribution is -2.29. The molecular weight excluding hydrogens is 274 g/mol. The topological polar surface area (TPSA) is 49.3 Å². The molecule has 0 aromatic heterocycles. The maximum atomic E-state index is 12.2. The van der Waals surface area contributed by atoms with E-state index in [4.69, 9.17) is 0 Å². The summed E-state index contributed by atoms with van der Waals surface area (Å²) in [5.74, 6) is -0.195. The molecule has 2 aromatic carbocycles. The number of aryl methyl sites for hydroxylation is 1. The van der Waals surface area contributed by atoms with Gasteiger partial charge in [0.1, 0.15) is 0 Å². The first-order valence-corrected chi connectivity index (χ1v) is 7.65. The van der Waals surface area contributed by atoms with E-state index in [9.17, 15) is 9.90 Å². The number of rotatable bonds is 6. The molecule has 0 spiro atoms. The number of carbonyl (C=O) groups excluding carboxylic acids is 1. The molecule has 0 aliphatic rings. The third-order valence-corrected chi connectivity index (χ3v) is 3.84. The minimum absolute atomic E-state index is 0.00846. The van der Waals surface area contributed by atoms with E-state index in [1.165, 1.54) is 0 Å². The Morgan fingerprint density at radius 1 is 1.09 bits per heavy atom. The van der Waals surface area contributed by atoms with Crippen LogP contribution in [0.5, 0.6) is 0 Å². The molecule has 0 aliphatic carbocycles. The number of amides is 1. The summed E-state index contributed by atoms with van der Waals surface area (Å²) in [5.41, 5.74) is 3.04. The van der Waals surface area contributed by atoms with Crippen molar-refractivity contribution in [2.75, 3.05) is 6.54 Å². The normalized spacial score (nSPS) is 13.4. The first-order valence-electron chi connectivity index (χ1n) is 7.65. The Morgan fingerprint density at radius 2 is 1.77 bits per heavy atom. The van der Waals surface area contributed by atoms with E-state index in [0.717, 1.165) is 16.7 Å². The zero-order valence-electron chi connectivity index (χ0n) is 13.1. The predicted molar refractivity (Wildman–Crippen MR) is 88.6 cm³/mol. The second-order valence-electron chi connectivity index (χ2n) is 5.64.